The van der Waals surface area contributed by atoms with Crippen LogP contribution in [0.2, 0.25) is 0 Å². The average molecular weight is 474 g/mol. The zero-order valence-corrected chi connectivity index (χ0v) is 19.2. The maximum atomic E-state index is 13.5. The number of nitrogens with one attached hydrogen (secondary N) is 2. The number of halogens is 1. The predicted molar refractivity (Wildman–Crippen MR) is 121 cm³/mol. The molecule has 3 rings (SSSR count). The third kappa shape index (κ3) is 5.68. The third-order valence-electron chi connectivity index (χ3n) is 5.07. The van der Waals surface area contributed by atoms with Gasteiger partial charge < -0.3 is 5.32 Å². The Morgan fingerprint density at radius 3 is 2.67 bits per heavy atom. The number of anilines is 1. The van der Waals surface area contributed by atoms with Crippen LogP contribution in [-0.2, 0) is 21.2 Å². The second-order valence-electron chi connectivity index (χ2n) is 7.48. The first-order valence-electron chi connectivity index (χ1n) is 10.1. The van der Waals surface area contributed by atoms with Crippen molar-refractivity contribution in [2.45, 2.75) is 38.1 Å². The molecule has 2 aromatic heterocycles. The SMILES string of the molecule is Cc1ccc(NC(=O)[C@@H](C)n2ncc(F)c(C)c2=O)cc1S(=O)(=O)NCCc1ccccn1. The quantitative estimate of drug-likeness (QED) is 0.517. The summed E-state index contributed by atoms with van der Waals surface area (Å²) in [4.78, 5) is 29.0. The fraction of sp³-hybridized carbons (Fsp3) is 0.273. The van der Waals surface area contributed by atoms with Gasteiger partial charge in [0, 0.05) is 30.5 Å². The number of hydrogen-bond acceptors (Lipinski definition) is 6. The van der Waals surface area contributed by atoms with Gasteiger partial charge in [0.1, 0.15) is 6.04 Å². The molecular weight excluding hydrogens is 449 g/mol. The highest BCUT2D eigenvalue weighted by atomic mass is 32.2. The molecule has 11 heteroatoms. The molecule has 0 fully saturated rings. The number of hydrogen-bond donors (Lipinski definition) is 2. The number of aryl methyl sites for hydroxylation is 1. The molecule has 174 valence electrons. The number of nitrogens with zero attached hydrogens (tertiary/aromatic N) is 3. The summed E-state index contributed by atoms with van der Waals surface area (Å²) in [5.41, 5.74) is 0.617. The van der Waals surface area contributed by atoms with Crippen LogP contribution in [0.25, 0.3) is 0 Å². The molecule has 0 saturated heterocycles. The summed E-state index contributed by atoms with van der Waals surface area (Å²) in [6.07, 6.45) is 2.93. The largest absolute Gasteiger partial charge is 0.324 e. The lowest BCUT2D eigenvalue weighted by Gasteiger charge is -2.16. The number of rotatable bonds is 8. The van der Waals surface area contributed by atoms with Gasteiger partial charge in [0.05, 0.1) is 16.7 Å². The van der Waals surface area contributed by atoms with E-state index in [4.69, 9.17) is 0 Å². The van der Waals surface area contributed by atoms with Crippen LogP contribution in [0.3, 0.4) is 0 Å². The summed E-state index contributed by atoms with van der Waals surface area (Å²) in [6, 6.07) is 8.83. The lowest BCUT2D eigenvalue weighted by molar-refractivity contribution is -0.119. The van der Waals surface area contributed by atoms with Crippen LogP contribution in [0, 0.1) is 19.7 Å². The minimum Gasteiger partial charge on any atom is -0.324 e. The highest BCUT2D eigenvalue weighted by molar-refractivity contribution is 7.89. The minimum absolute atomic E-state index is 0.0156. The van der Waals surface area contributed by atoms with Gasteiger partial charge in [-0.2, -0.15) is 5.10 Å². The van der Waals surface area contributed by atoms with Gasteiger partial charge in [-0.15, -0.1) is 0 Å². The van der Waals surface area contributed by atoms with Crippen LogP contribution in [0.1, 0.15) is 29.8 Å². The number of pyridine rings is 1. The van der Waals surface area contributed by atoms with Gasteiger partial charge in [-0.1, -0.05) is 12.1 Å². The van der Waals surface area contributed by atoms with Crippen molar-refractivity contribution in [2.24, 2.45) is 0 Å². The van der Waals surface area contributed by atoms with Crippen molar-refractivity contribution in [3.63, 3.8) is 0 Å². The van der Waals surface area contributed by atoms with E-state index in [9.17, 15) is 22.4 Å². The number of carbonyl (C=O) groups excluding carboxylic acids is 1. The van der Waals surface area contributed by atoms with Crippen LogP contribution in [0.15, 0.2) is 58.5 Å². The van der Waals surface area contributed by atoms with Crippen molar-refractivity contribution in [1.29, 1.82) is 0 Å². The molecule has 0 aliphatic carbocycles. The van der Waals surface area contributed by atoms with Crippen LogP contribution in [0.5, 0.6) is 0 Å². The standard InChI is InChI=1S/C22H24FN5O4S/c1-14-7-8-18(27-21(29)16(3)28-22(30)15(2)19(23)13-25-28)12-20(14)33(31,32)26-11-9-17-6-4-5-10-24-17/h4-8,10,12-13,16,26H,9,11H2,1-3H3,(H,27,29)/t16-/m1/s1. The molecule has 1 atom stereocenters. The molecule has 2 N–H and O–H groups in total. The molecule has 0 unspecified atom stereocenters. The Kier molecular flexibility index (Phi) is 7.34. The van der Waals surface area contributed by atoms with E-state index in [1.54, 1.807) is 37.4 Å². The highest BCUT2D eigenvalue weighted by Crippen LogP contribution is 2.21. The van der Waals surface area contributed by atoms with Crippen molar-refractivity contribution in [3.8, 4) is 0 Å². The summed E-state index contributed by atoms with van der Waals surface area (Å²) in [5.74, 6) is -1.36. The number of amides is 1. The van der Waals surface area contributed by atoms with Gasteiger partial charge in [0.2, 0.25) is 15.9 Å². The van der Waals surface area contributed by atoms with Crippen LogP contribution >= 0.6 is 0 Å². The van der Waals surface area contributed by atoms with Crippen molar-refractivity contribution < 1.29 is 17.6 Å². The summed E-state index contributed by atoms with van der Waals surface area (Å²) in [5, 5.41) is 6.28. The Morgan fingerprint density at radius 2 is 1.97 bits per heavy atom. The Bertz CT molecular complexity index is 1330. The van der Waals surface area contributed by atoms with Gasteiger partial charge in [0.15, 0.2) is 5.82 Å². The van der Waals surface area contributed by atoms with Crippen molar-refractivity contribution >= 4 is 21.6 Å². The Labute approximate surface area is 190 Å². The Balaban J connectivity index is 1.74. The molecule has 1 aromatic carbocycles. The number of carbonyl (C=O) groups is 1. The average Bonchev–Trinajstić information content (AvgIpc) is 2.79. The monoisotopic (exact) mass is 473 g/mol. The molecular formula is C22H24FN5O4S. The molecule has 0 bridgehead atoms. The summed E-state index contributed by atoms with van der Waals surface area (Å²) in [7, 11) is -3.85. The Morgan fingerprint density at radius 1 is 1.21 bits per heavy atom. The molecule has 9 nitrogen and oxygen atoms in total. The molecule has 0 aliphatic rings. The van der Waals surface area contributed by atoms with E-state index in [2.05, 4.69) is 20.1 Å². The molecule has 0 aliphatic heterocycles. The van der Waals surface area contributed by atoms with E-state index < -0.39 is 33.3 Å². The first kappa shape index (κ1) is 24.2. The Hall–Kier alpha value is -3.44. The molecule has 0 radical (unpaired) electrons. The van der Waals surface area contributed by atoms with E-state index in [0.717, 1.165) is 16.6 Å². The summed E-state index contributed by atoms with van der Waals surface area (Å²) in [6.45, 7) is 4.54. The maximum absolute atomic E-state index is 13.5. The number of aromatic nitrogens is 3. The van der Waals surface area contributed by atoms with Crippen molar-refractivity contribution in [2.75, 3.05) is 11.9 Å². The second kappa shape index (κ2) is 10.0. The van der Waals surface area contributed by atoms with Gasteiger partial charge in [0.25, 0.3) is 5.56 Å². The summed E-state index contributed by atoms with van der Waals surface area (Å²) >= 11 is 0. The molecule has 33 heavy (non-hydrogen) atoms. The smallest absolute Gasteiger partial charge is 0.273 e. The van der Waals surface area contributed by atoms with Gasteiger partial charge in [-0.3, -0.25) is 14.6 Å². The number of benzene rings is 1. The van der Waals surface area contributed by atoms with Crippen LogP contribution < -0.4 is 15.6 Å². The van der Waals surface area contributed by atoms with Gasteiger partial charge in [-0.05, 0) is 50.6 Å². The first-order valence-corrected chi connectivity index (χ1v) is 11.6. The normalized spacial score (nSPS) is 12.4. The predicted octanol–water partition coefficient (Wildman–Crippen LogP) is 2.11. The van der Waals surface area contributed by atoms with Crippen molar-refractivity contribution in [1.82, 2.24) is 19.5 Å². The van der Waals surface area contributed by atoms with Crippen molar-refractivity contribution in [3.05, 3.63) is 81.8 Å². The number of sulfonamides is 1. The van der Waals surface area contributed by atoms with E-state index in [-0.39, 0.29) is 22.7 Å². The van der Waals surface area contributed by atoms with Gasteiger partial charge >= 0.3 is 0 Å². The zero-order valence-electron chi connectivity index (χ0n) is 18.4. The third-order valence-corrected chi connectivity index (χ3v) is 6.68. The topological polar surface area (TPSA) is 123 Å². The first-order chi connectivity index (χ1) is 15.6. The molecule has 0 spiro atoms. The lowest BCUT2D eigenvalue weighted by atomic mass is 10.2. The molecule has 0 saturated carbocycles. The van der Waals surface area contributed by atoms with E-state index in [0.29, 0.717) is 12.0 Å². The minimum atomic E-state index is -3.85. The zero-order chi connectivity index (χ0) is 24.2. The molecule has 2 heterocycles. The fourth-order valence-corrected chi connectivity index (χ4v) is 4.37. The maximum Gasteiger partial charge on any atom is 0.273 e. The van der Waals surface area contributed by atoms with E-state index in [1.165, 1.54) is 19.9 Å². The molecule has 3 aromatic rings. The summed E-state index contributed by atoms with van der Waals surface area (Å²) < 4.78 is 42.6. The van der Waals surface area contributed by atoms with Crippen LogP contribution in [0.4, 0.5) is 10.1 Å². The second-order valence-corrected chi connectivity index (χ2v) is 9.22. The highest BCUT2D eigenvalue weighted by Gasteiger charge is 2.21. The fourth-order valence-electron chi connectivity index (χ4n) is 3.07. The van der Waals surface area contributed by atoms with Gasteiger partial charge in [-0.25, -0.2) is 22.2 Å². The van der Waals surface area contributed by atoms with Crippen LogP contribution in [-0.4, -0.2) is 35.6 Å². The van der Waals surface area contributed by atoms with E-state index >= 15 is 0 Å². The molecule has 1 amide bonds. The lowest BCUT2D eigenvalue weighted by Crippen LogP contribution is -2.35. The van der Waals surface area contributed by atoms with E-state index in [1.807, 2.05) is 6.07 Å².